The number of aryl methyl sites for hydroxylation is 1. The molecule has 0 aromatic heterocycles. The average molecular weight is 241 g/mol. The average Bonchev–Trinajstić information content (AvgIpc) is 2.38. The molecule has 94 valence electrons. The van der Waals surface area contributed by atoms with Crippen LogP contribution in [-0.4, -0.2) is 6.61 Å². The van der Waals surface area contributed by atoms with E-state index < -0.39 is 0 Å². The van der Waals surface area contributed by atoms with Gasteiger partial charge in [-0.15, -0.1) is 0 Å². The Balaban J connectivity index is 1.93. The third-order valence-electron chi connectivity index (χ3n) is 2.74. The lowest BCUT2D eigenvalue weighted by molar-refractivity contribution is 0.340. The van der Waals surface area contributed by atoms with Crippen molar-refractivity contribution in [1.29, 1.82) is 0 Å². The maximum Gasteiger partial charge on any atom is 0.119 e. The van der Waals surface area contributed by atoms with Crippen LogP contribution in [0.15, 0.2) is 48.5 Å². The van der Waals surface area contributed by atoms with Crippen molar-refractivity contribution < 1.29 is 4.74 Å². The van der Waals surface area contributed by atoms with Gasteiger partial charge in [0.1, 0.15) is 5.75 Å². The number of rotatable bonds is 5. The first-order valence-electron chi connectivity index (χ1n) is 6.30. The van der Waals surface area contributed by atoms with E-state index in [1.807, 2.05) is 31.2 Å². The Morgan fingerprint density at radius 1 is 1.06 bits per heavy atom. The van der Waals surface area contributed by atoms with Crippen molar-refractivity contribution in [2.45, 2.75) is 20.4 Å². The van der Waals surface area contributed by atoms with Crippen LogP contribution in [0.1, 0.15) is 18.1 Å². The molecule has 0 saturated carbocycles. The van der Waals surface area contributed by atoms with Gasteiger partial charge >= 0.3 is 0 Å². The molecule has 18 heavy (non-hydrogen) atoms. The molecule has 0 amide bonds. The summed E-state index contributed by atoms with van der Waals surface area (Å²) in [5.41, 5.74) is 3.70. The minimum Gasteiger partial charge on any atom is -0.494 e. The van der Waals surface area contributed by atoms with E-state index in [1.165, 1.54) is 11.1 Å². The van der Waals surface area contributed by atoms with Crippen LogP contribution in [0.2, 0.25) is 0 Å². The van der Waals surface area contributed by atoms with Crippen molar-refractivity contribution in [3.05, 3.63) is 59.7 Å². The second-order valence-corrected chi connectivity index (χ2v) is 4.30. The molecule has 0 bridgehead atoms. The van der Waals surface area contributed by atoms with Gasteiger partial charge < -0.3 is 10.1 Å². The molecular formula is C16H19NO. The molecular weight excluding hydrogens is 222 g/mol. The molecule has 0 heterocycles. The number of ether oxygens (including phenoxy) is 1. The lowest BCUT2D eigenvalue weighted by atomic mass is 10.1. The first-order valence-corrected chi connectivity index (χ1v) is 6.30. The van der Waals surface area contributed by atoms with E-state index in [4.69, 9.17) is 4.74 Å². The third kappa shape index (κ3) is 3.52. The highest BCUT2D eigenvalue weighted by Crippen LogP contribution is 2.16. The van der Waals surface area contributed by atoms with E-state index in [0.717, 1.165) is 18.0 Å². The highest BCUT2D eigenvalue weighted by Gasteiger charge is 1.96. The van der Waals surface area contributed by atoms with Gasteiger partial charge in [-0.2, -0.15) is 0 Å². The van der Waals surface area contributed by atoms with Crippen molar-refractivity contribution in [2.24, 2.45) is 0 Å². The van der Waals surface area contributed by atoms with Crippen LogP contribution in [0, 0.1) is 6.92 Å². The predicted molar refractivity (Wildman–Crippen MR) is 76.1 cm³/mol. The van der Waals surface area contributed by atoms with Crippen LogP contribution in [0.4, 0.5) is 5.69 Å². The molecule has 0 aliphatic rings. The summed E-state index contributed by atoms with van der Waals surface area (Å²) in [4.78, 5) is 0. The van der Waals surface area contributed by atoms with Crippen molar-refractivity contribution in [1.82, 2.24) is 0 Å². The van der Waals surface area contributed by atoms with Crippen LogP contribution in [0.3, 0.4) is 0 Å². The van der Waals surface area contributed by atoms with Gasteiger partial charge in [0.2, 0.25) is 0 Å². The van der Waals surface area contributed by atoms with Gasteiger partial charge in [-0.05, 0) is 43.7 Å². The van der Waals surface area contributed by atoms with Crippen LogP contribution in [0.25, 0.3) is 0 Å². The molecule has 0 atom stereocenters. The van der Waals surface area contributed by atoms with E-state index >= 15 is 0 Å². The molecule has 0 aliphatic heterocycles. The number of hydrogen-bond donors (Lipinski definition) is 1. The quantitative estimate of drug-likeness (QED) is 0.854. The van der Waals surface area contributed by atoms with Crippen LogP contribution in [0.5, 0.6) is 5.75 Å². The number of benzene rings is 2. The normalized spacial score (nSPS) is 10.1. The van der Waals surface area contributed by atoms with Crippen LogP contribution >= 0.6 is 0 Å². The maximum absolute atomic E-state index is 5.41. The summed E-state index contributed by atoms with van der Waals surface area (Å²) in [6, 6.07) is 16.6. The minimum absolute atomic E-state index is 0.704. The maximum atomic E-state index is 5.41. The molecule has 0 saturated heterocycles. The van der Waals surface area contributed by atoms with Crippen LogP contribution in [-0.2, 0) is 6.54 Å². The predicted octanol–water partition coefficient (Wildman–Crippen LogP) is 4.01. The topological polar surface area (TPSA) is 21.3 Å². The van der Waals surface area contributed by atoms with Crippen molar-refractivity contribution >= 4 is 5.69 Å². The second-order valence-electron chi connectivity index (χ2n) is 4.30. The van der Waals surface area contributed by atoms with Crippen molar-refractivity contribution in [2.75, 3.05) is 11.9 Å². The molecule has 0 fully saturated rings. The Labute approximate surface area is 109 Å². The van der Waals surface area contributed by atoms with Crippen molar-refractivity contribution in [3.8, 4) is 5.75 Å². The Kier molecular flexibility index (Phi) is 4.24. The first kappa shape index (κ1) is 12.5. The molecule has 2 rings (SSSR count). The molecule has 2 heteroatoms. The van der Waals surface area contributed by atoms with Gasteiger partial charge in [-0.3, -0.25) is 0 Å². The third-order valence-corrected chi connectivity index (χ3v) is 2.74. The van der Waals surface area contributed by atoms with Gasteiger partial charge in [-0.1, -0.05) is 29.8 Å². The lowest BCUT2D eigenvalue weighted by Crippen LogP contribution is -1.99. The Hall–Kier alpha value is -1.96. The fourth-order valence-corrected chi connectivity index (χ4v) is 1.86. The Morgan fingerprint density at radius 2 is 1.83 bits per heavy atom. The zero-order chi connectivity index (χ0) is 12.8. The molecule has 2 nitrogen and oxygen atoms in total. The van der Waals surface area contributed by atoms with Crippen LogP contribution < -0.4 is 10.1 Å². The molecule has 0 spiro atoms. The summed E-state index contributed by atoms with van der Waals surface area (Å²) < 4.78 is 5.41. The molecule has 1 N–H and O–H groups in total. The van der Waals surface area contributed by atoms with Gasteiger partial charge in [0.05, 0.1) is 6.61 Å². The molecule has 2 aromatic rings. The highest BCUT2D eigenvalue weighted by molar-refractivity contribution is 5.46. The standard InChI is InChI=1S/C16H19NO/c1-3-18-16-9-7-15(8-10-16)17-12-14-6-4-5-13(2)11-14/h4-11,17H,3,12H2,1-2H3. The largest absolute Gasteiger partial charge is 0.494 e. The van der Waals surface area contributed by atoms with Gasteiger partial charge in [0, 0.05) is 12.2 Å². The second kappa shape index (κ2) is 6.10. The Morgan fingerprint density at radius 3 is 2.50 bits per heavy atom. The Bertz CT molecular complexity index is 491. The smallest absolute Gasteiger partial charge is 0.119 e. The SMILES string of the molecule is CCOc1ccc(NCc2cccc(C)c2)cc1. The first-order chi connectivity index (χ1) is 8.78. The molecule has 0 aliphatic carbocycles. The van der Waals surface area contributed by atoms with Gasteiger partial charge in [0.25, 0.3) is 0 Å². The van der Waals surface area contributed by atoms with E-state index in [2.05, 4.69) is 36.5 Å². The lowest BCUT2D eigenvalue weighted by Gasteiger charge is -2.08. The summed E-state index contributed by atoms with van der Waals surface area (Å²) in [6.45, 7) is 5.65. The summed E-state index contributed by atoms with van der Waals surface area (Å²) in [6.07, 6.45) is 0. The highest BCUT2D eigenvalue weighted by atomic mass is 16.5. The fourth-order valence-electron chi connectivity index (χ4n) is 1.86. The zero-order valence-corrected chi connectivity index (χ0v) is 10.9. The summed E-state index contributed by atoms with van der Waals surface area (Å²) in [7, 11) is 0. The molecule has 0 radical (unpaired) electrons. The summed E-state index contributed by atoms with van der Waals surface area (Å²) in [5.74, 6) is 0.915. The number of hydrogen-bond acceptors (Lipinski definition) is 2. The monoisotopic (exact) mass is 241 g/mol. The number of nitrogens with one attached hydrogen (secondary N) is 1. The summed E-state index contributed by atoms with van der Waals surface area (Å²) >= 11 is 0. The summed E-state index contributed by atoms with van der Waals surface area (Å²) in [5, 5.41) is 3.40. The van der Waals surface area contributed by atoms with Crippen molar-refractivity contribution in [3.63, 3.8) is 0 Å². The van der Waals surface area contributed by atoms with E-state index in [-0.39, 0.29) is 0 Å². The zero-order valence-electron chi connectivity index (χ0n) is 10.9. The molecule has 0 unspecified atom stereocenters. The van der Waals surface area contributed by atoms with Gasteiger partial charge in [-0.25, -0.2) is 0 Å². The van der Waals surface area contributed by atoms with Gasteiger partial charge in [0.15, 0.2) is 0 Å². The van der Waals surface area contributed by atoms with E-state index in [9.17, 15) is 0 Å². The fraction of sp³-hybridized carbons (Fsp3) is 0.250. The van der Waals surface area contributed by atoms with E-state index in [1.54, 1.807) is 0 Å². The molecule has 2 aromatic carbocycles. The number of anilines is 1. The van der Waals surface area contributed by atoms with E-state index in [0.29, 0.717) is 6.61 Å². The minimum atomic E-state index is 0.704.